The van der Waals surface area contributed by atoms with Crippen LogP contribution in [0.25, 0.3) is 111 Å². The largest absolute Gasteiger partial charge is 0.309 e. The van der Waals surface area contributed by atoms with Gasteiger partial charge in [0.25, 0.3) is 0 Å². The maximum Gasteiger partial charge on any atom is 0.162 e. The van der Waals surface area contributed by atoms with E-state index in [0.29, 0.717) is 5.82 Å². The molecule has 5 heteroatoms. The second kappa shape index (κ2) is 12.6. The van der Waals surface area contributed by atoms with Crippen molar-refractivity contribution in [1.29, 1.82) is 0 Å². The molecule has 4 heterocycles. The average molecular weight is 780 g/mol. The third-order valence-corrected chi connectivity index (χ3v) is 13.1. The van der Waals surface area contributed by atoms with Crippen LogP contribution < -0.4 is 0 Å². The van der Waals surface area contributed by atoms with Gasteiger partial charge in [-0.2, -0.15) is 0 Å². The fraction of sp³-hybridized carbons (Fsp3) is 0.0536. The third kappa shape index (κ3) is 4.74. The molecule has 1 aliphatic carbocycles. The van der Waals surface area contributed by atoms with E-state index in [2.05, 4.69) is 199 Å². The topological polar surface area (TPSA) is 48.5 Å². The van der Waals surface area contributed by atoms with Crippen LogP contribution in [-0.4, -0.2) is 24.1 Å². The van der Waals surface area contributed by atoms with E-state index in [-0.39, 0.29) is 5.41 Å². The van der Waals surface area contributed by atoms with Gasteiger partial charge in [0.05, 0.1) is 44.7 Å². The fourth-order valence-electron chi connectivity index (χ4n) is 10.5. The van der Waals surface area contributed by atoms with Gasteiger partial charge in [-0.3, -0.25) is 4.98 Å². The molecule has 0 fully saturated rings. The summed E-state index contributed by atoms with van der Waals surface area (Å²) in [5.41, 5.74) is 14.8. The highest BCUT2D eigenvalue weighted by atomic mass is 15.0. The molecule has 13 rings (SSSR count). The summed E-state index contributed by atoms with van der Waals surface area (Å²) < 4.78 is 4.78. The quantitative estimate of drug-likeness (QED) is 0.179. The number of nitrogens with zero attached hydrogens (tertiary/aromatic N) is 5. The summed E-state index contributed by atoms with van der Waals surface area (Å²) in [7, 11) is 0. The van der Waals surface area contributed by atoms with E-state index in [1.54, 1.807) is 0 Å². The van der Waals surface area contributed by atoms with Crippen LogP contribution in [0, 0.1) is 0 Å². The average Bonchev–Trinajstić information content (AvgIpc) is 3.90. The van der Waals surface area contributed by atoms with Gasteiger partial charge in [-0.1, -0.05) is 129 Å². The Morgan fingerprint density at radius 2 is 1.08 bits per heavy atom. The Morgan fingerprint density at radius 3 is 1.92 bits per heavy atom. The minimum absolute atomic E-state index is 0.343. The molecule has 0 radical (unpaired) electrons. The Morgan fingerprint density at radius 1 is 0.443 bits per heavy atom. The van der Waals surface area contributed by atoms with Crippen LogP contribution in [0.4, 0.5) is 0 Å². The Balaban J connectivity index is 1.10. The monoisotopic (exact) mass is 779 g/mol. The predicted molar refractivity (Wildman–Crippen MR) is 252 cm³/mol. The van der Waals surface area contributed by atoms with Crippen molar-refractivity contribution in [3.63, 3.8) is 0 Å². The van der Waals surface area contributed by atoms with Gasteiger partial charge in [0.2, 0.25) is 0 Å². The van der Waals surface area contributed by atoms with E-state index >= 15 is 0 Å². The summed E-state index contributed by atoms with van der Waals surface area (Å²) in [5.74, 6) is 0.661. The fourth-order valence-corrected chi connectivity index (χ4v) is 10.5. The second-order valence-corrected chi connectivity index (χ2v) is 16.8. The highest BCUT2D eigenvalue weighted by Crippen LogP contribution is 2.53. The lowest BCUT2D eigenvalue weighted by molar-refractivity contribution is 0.658. The molecule has 0 atom stereocenters. The molecule has 8 aromatic carbocycles. The number of pyridine rings is 1. The Labute approximate surface area is 351 Å². The van der Waals surface area contributed by atoms with Crippen molar-refractivity contribution in [2.45, 2.75) is 19.3 Å². The first-order valence-corrected chi connectivity index (χ1v) is 21.0. The maximum absolute atomic E-state index is 5.71. The van der Waals surface area contributed by atoms with Crippen LogP contribution >= 0.6 is 0 Å². The van der Waals surface area contributed by atoms with E-state index < -0.39 is 0 Å². The predicted octanol–water partition coefficient (Wildman–Crippen LogP) is 14.0. The van der Waals surface area contributed by atoms with Gasteiger partial charge in [0, 0.05) is 66.5 Å². The molecule has 12 aromatic rings. The van der Waals surface area contributed by atoms with Crippen molar-refractivity contribution in [1.82, 2.24) is 24.1 Å². The lowest BCUT2D eigenvalue weighted by atomic mass is 9.80. The van der Waals surface area contributed by atoms with Crippen LogP contribution in [0.1, 0.15) is 25.0 Å². The maximum atomic E-state index is 5.71. The van der Waals surface area contributed by atoms with Gasteiger partial charge in [-0.15, -0.1) is 0 Å². The molecule has 0 unspecified atom stereocenters. The van der Waals surface area contributed by atoms with Crippen molar-refractivity contribution in [3.8, 4) is 45.3 Å². The number of rotatable bonds is 4. The Kier molecular flexibility index (Phi) is 7.00. The number of fused-ring (bicyclic) bond motifs is 11. The molecule has 0 amide bonds. The molecule has 61 heavy (non-hydrogen) atoms. The normalized spacial score (nSPS) is 13.2. The summed E-state index contributed by atoms with van der Waals surface area (Å²) in [6.45, 7) is 4.64. The lowest BCUT2D eigenvalue weighted by Crippen LogP contribution is -2.17. The van der Waals surface area contributed by atoms with Crippen molar-refractivity contribution in [3.05, 3.63) is 199 Å². The summed E-state index contributed by atoms with van der Waals surface area (Å²) in [6, 6.07) is 65.4. The SMILES string of the molecule is CC1(C)c2ccccc2-c2nc(-c3ccc(-n4c5ccccc5c5cc6ccccc6cc54)c4cccnc34)nc(-c3cccc4c3c3ccccc3n4-c3ccccc3)c21. The standard InChI is InChI=1S/C56H37N5/c1-56(2)44-25-11-8-21-38(44)53-51(56)54(41-23-14-28-48-50(41)39-22-10-13-27-46(39)60(48)36-18-4-3-5-19-36)59-55(58-53)42-29-30-47(40-24-15-31-57-52(40)42)61-45-26-12-9-20-37(45)43-32-34-16-6-7-17-35(34)33-49(43)61/h3-33H,1-2H3. The van der Waals surface area contributed by atoms with Gasteiger partial charge in [-0.05, 0) is 83.1 Å². The molecule has 0 N–H and O–H groups in total. The number of aromatic nitrogens is 5. The van der Waals surface area contributed by atoms with Crippen LogP contribution in [0.3, 0.4) is 0 Å². The summed E-state index contributed by atoms with van der Waals surface area (Å²) in [5, 5.41) is 8.30. The van der Waals surface area contributed by atoms with Gasteiger partial charge < -0.3 is 9.13 Å². The Hall–Kier alpha value is -7.89. The van der Waals surface area contributed by atoms with E-state index in [0.717, 1.165) is 78.0 Å². The lowest BCUT2D eigenvalue weighted by Gasteiger charge is -2.24. The summed E-state index contributed by atoms with van der Waals surface area (Å²) in [4.78, 5) is 16.4. The molecule has 0 saturated heterocycles. The first-order chi connectivity index (χ1) is 30.0. The molecular weight excluding hydrogens is 743 g/mol. The first-order valence-electron chi connectivity index (χ1n) is 21.0. The molecule has 0 saturated carbocycles. The molecule has 4 aromatic heterocycles. The van der Waals surface area contributed by atoms with Gasteiger partial charge >= 0.3 is 0 Å². The molecule has 0 aliphatic heterocycles. The minimum atomic E-state index is -0.343. The Bertz CT molecular complexity index is 3800. The van der Waals surface area contributed by atoms with Crippen molar-refractivity contribution < 1.29 is 0 Å². The van der Waals surface area contributed by atoms with Crippen LogP contribution in [0.15, 0.2) is 188 Å². The zero-order chi connectivity index (χ0) is 40.4. The number of para-hydroxylation sites is 3. The number of benzene rings is 8. The molecule has 0 bridgehead atoms. The number of hydrogen-bond acceptors (Lipinski definition) is 3. The zero-order valence-corrected chi connectivity index (χ0v) is 33.6. The smallest absolute Gasteiger partial charge is 0.162 e. The van der Waals surface area contributed by atoms with Crippen molar-refractivity contribution >= 4 is 65.3 Å². The van der Waals surface area contributed by atoms with Gasteiger partial charge in [0.15, 0.2) is 5.82 Å². The third-order valence-electron chi connectivity index (χ3n) is 13.1. The molecule has 286 valence electrons. The van der Waals surface area contributed by atoms with E-state index in [1.165, 1.54) is 37.9 Å². The number of hydrogen-bond donors (Lipinski definition) is 0. The van der Waals surface area contributed by atoms with Crippen LogP contribution in [-0.2, 0) is 5.41 Å². The van der Waals surface area contributed by atoms with Crippen LogP contribution in [0.2, 0.25) is 0 Å². The summed E-state index contributed by atoms with van der Waals surface area (Å²) in [6.07, 6.45) is 1.89. The molecule has 5 nitrogen and oxygen atoms in total. The van der Waals surface area contributed by atoms with E-state index in [9.17, 15) is 0 Å². The van der Waals surface area contributed by atoms with E-state index in [4.69, 9.17) is 15.0 Å². The zero-order valence-electron chi connectivity index (χ0n) is 33.6. The summed E-state index contributed by atoms with van der Waals surface area (Å²) >= 11 is 0. The second-order valence-electron chi connectivity index (χ2n) is 16.8. The van der Waals surface area contributed by atoms with Crippen LogP contribution in [0.5, 0.6) is 0 Å². The molecule has 0 spiro atoms. The van der Waals surface area contributed by atoms with E-state index in [1.807, 2.05) is 12.3 Å². The minimum Gasteiger partial charge on any atom is -0.309 e. The molecular formula is C56H37N5. The highest BCUT2D eigenvalue weighted by molar-refractivity contribution is 6.17. The molecule has 1 aliphatic rings. The van der Waals surface area contributed by atoms with Gasteiger partial charge in [0.1, 0.15) is 0 Å². The van der Waals surface area contributed by atoms with Crippen molar-refractivity contribution in [2.75, 3.05) is 0 Å². The van der Waals surface area contributed by atoms with Gasteiger partial charge in [-0.25, -0.2) is 9.97 Å². The van der Waals surface area contributed by atoms with Crippen molar-refractivity contribution in [2.24, 2.45) is 0 Å². The first kappa shape index (κ1) is 34.0. The highest BCUT2D eigenvalue weighted by Gasteiger charge is 2.40.